The number of ether oxygens (including phenoxy) is 1. The van der Waals surface area contributed by atoms with E-state index in [9.17, 15) is 19.2 Å². The van der Waals surface area contributed by atoms with Crippen molar-refractivity contribution in [3.63, 3.8) is 0 Å². The van der Waals surface area contributed by atoms with Gasteiger partial charge >= 0.3 is 0 Å². The second kappa shape index (κ2) is 9.38. The number of nitrogens with one attached hydrogen (secondary N) is 2. The first kappa shape index (κ1) is 24.8. The van der Waals surface area contributed by atoms with Crippen molar-refractivity contribution in [2.75, 3.05) is 19.7 Å². The van der Waals surface area contributed by atoms with Crippen LogP contribution in [0, 0.1) is 29.1 Å². The van der Waals surface area contributed by atoms with Gasteiger partial charge in [-0.1, -0.05) is 44.0 Å². The number of amides is 3. The summed E-state index contributed by atoms with van der Waals surface area (Å²) in [5, 5.41) is 6.28. The molecule has 1 aromatic rings. The van der Waals surface area contributed by atoms with Crippen molar-refractivity contribution in [3.05, 3.63) is 28.2 Å². The lowest BCUT2D eigenvalue weighted by atomic mass is 9.90. The second-order valence-corrected chi connectivity index (χ2v) is 10.9. The quantitative estimate of drug-likeness (QED) is 0.523. The highest BCUT2D eigenvalue weighted by atomic mass is 35.5. The average molecular weight is 510 g/mol. The van der Waals surface area contributed by atoms with Crippen molar-refractivity contribution in [2.24, 2.45) is 29.1 Å². The van der Waals surface area contributed by atoms with Crippen molar-refractivity contribution in [1.29, 1.82) is 0 Å². The third-order valence-corrected chi connectivity index (χ3v) is 8.41. The van der Waals surface area contributed by atoms with E-state index < -0.39 is 12.1 Å². The van der Waals surface area contributed by atoms with E-state index in [1.807, 2.05) is 6.92 Å². The SMILES string of the molecule is CC1CNC(=O)[C@@H]1C[C@@H](C=O)NC(=O)[C@@H]1[C@@H]2[C@H](CN1C(=O)COc1ccc(Cl)c(Cl)c1)C2(C)C. The number of nitrogens with zero attached hydrogens (tertiary/aromatic N) is 1. The van der Waals surface area contributed by atoms with E-state index in [1.54, 1.807) is 17.0 Å². The first-order valence-corrected chi connectivity index (χ1v) is 12.2. The molecule has 0 aromatic heterocycles. The van der Waals surface area contributed by atoms with Crippen LogP contribution < -0.4 is 15.4 Å². The first-order valence-electron chi connectivity index (χ1n) is 11.4. The largest absolute Gasteiger partial charge is 0.484 e. The lowest BCUT2D eigenvalue weighted by Gasteiger charge is -2.31. The highest BCUT2D eigenvalue weighted by molar-refractivity contribution is 6.42. The molecule has 0 radical (unpaired) electrons. The van der Waals surface area contributed by atoms with Gasteiger partial charge < -0.3 is 25.1 Å². The maximum atomic E-state index is 13.3. The molecule has 10 heteroatoms. The van der Waals surface area contributed by atoms with Crippen molar-refractivity contribution in [2.45, 2.75) is 39.3 Å². The van der Waals surface area contributed by atoms with E-state index in [0.29, 0.717) is 35.2 Å². The molecule has 3 aliphatic rings. The number of piperidine rings is 1. The van der Waals surface area contributed by atoms with Crippen LogP contribution in [0.3, 0.4) is 0 Å². The van der Waals surface area contributed by atoms with Gasteiger partial charge in [-0.25, -0.2) is 0 Å². The van der Waals surface area contributed by atoms with Gasteiger partial charge in [-0.3, -0.25) is 14.4 Å². The summed E-state index contributed by atoms with van der Waals surface area (Å²) < 4.78 is 5.59. The molecule has 4 rings (SSSR count). The zero-order valence-electron chi connectivity index (χ0n) is 19.3. The summed E-state index contributed by atoms with van der Waals surface area (Å²) in [5.41, 5.74) is -0.0696. The van der Waals surface area contributed by atoms with Gasteiger partial charge in [0, 0.05) is 25.1 Å². The minimum absolute atomic E-state index is 0.00225. The number of carbonyl (C=O) groups is 4. The fourth-order valence-corrected chi connectivity index (χ4v) is 5.75. The maximum Gasteiger partial charge on any atom is 0.261 e. The molecule has 1 aliphatic carbocycles. The van der Waals surface area contributed by atoms with Gasteiger partial charge in [0.05, 0.1) is 16.1 Å². The van der Waals surface area contributed by atoms with Gasteiger partial charge in [0.25, 0.3) is 5.91 Å². The molecule has 1 saturated carbocycles. The monoisotopic (exact) mass is 509 g/mol. The van der Waals surface area contributed by atoms with Gasteiger partial charge in [0.15, 0.2) is 6.61 Å². The zero-order valence-corrected chi connectivity index (χ0v) is 20.9. The number of likely N-dealkylation sites (tertiary alicyclic amines) is 1. The van der Waals surface area contributed by atoms with Crippen LogP contribution in [0.1, 0.15) is 27.2 Å². The Balaban J connectivity index is 1.42. The van der Waals surface area contributed by atoms with E-state index in [2.05, 4.69) is 24.5 Å². The number of halogens is 2. The summed E-state index contributed by atoms with van der Waals surface area (Å²) in [5.74, 6) is -0.435. The number of carbonyl (C=O) groups excluding carboxylic acids is 4. The fourth-order valence-electron chi connectivity index (χ4n) is 5.46. The van der Waals surface area contributed by atoms with E-state index in [0.717, 1.165) is 0 Å². The van der Waals surface area contributed by atoms with Gasteiger partial charge in [-0.05, 0) is 41.7 Å². The van der Waals surface area contributed by atoms with Crippen LogP contribution in [0.2, 0.25) is 10.0 Å². The number of rotatable bonds is 8. The standard InChI is InChI=1S/C24H29Cl2N3O5/c1-12-8-27-22(32)15(12)6-13(10-30)28-23(33)21-20-16(24(20,2)3)9-29(21)19(31)11-34-14-4-5-17(25)18(26)7-14/h4-5,7,10,12-13,15-16,20-21H,6,8-9,11H2,1-3H3,(H,27,32)(H,28,33)/t12?,13-,15+,16-,20-,21-/m0/s1. The Hall–Kier alpha value is -2.32. The zero-order chi connectivity index (χ0) is 24.8. The highest BCUT2D eigenvalue weighted by Gasteiger charge is 2.69. The topological polar surface area (TPSA) is 105 Å². The van der Waals surface area contributed by atoms with Crippen LogP contribution in [0.4, 0.5) is 0 Å². The molecule has 2 saturated heterocycles. The number of benzene rings is 1. The molecule has 0 bridgehead atoms. The molecular formula is C24H29Cl2N3O5. The molecule has 3 amide bonds. The van der Waals surface area contributed by atoms with Gasteiger partial charge in [-0.15, -0.1) is 0 Å². The van der Waals surface area contributed by atoms with Crippen molar-refractivity contribution in [1.82, 2.24) is 15.5 Å². The fraction of sp³-hybridized carbons (Fsp3) is 0.583. The van der Waals surface area contributed by atoms with Crippen LogP contribution >= 0.6 is 23.2 Å². The Kier molecular flexibility index (Phi) is 6.84. The Morgan fingerprint density at radius 1 is 1.32 bits per heavy atom. The summed E-state index contributed by atoms with van der Waals surface area (Å²) in [6.45, 7) is 6.86. The molecule has 2 N–H and O–H groups in total. The molecule has 0 spiro atoms. The Bertz CT molecular complexity index is 1020. The second-order valence-electron chi connectivity index (χ2n) is 10.1. The molecule has 3 fully saturated rings. The number of hydrogen-bond donors (Lipinski definition) is 2. The van der Waals surface area contributed by atoms with Gasteiger partial charge in [-0.2, -0.15) is 0 Å². The number of fused-ring (bicyclic) bond motifs is 1. The van der Waals surface area contributed by atoms with Gasteiger partial charge in [0.1, 0.15) is 18.1 Å². The highest BCUT2D eigenvalue weighted by Crippen LogP contribution is 2.64. The molecule has 1 unspecified atom stereocenters. The molecule has 6 atom stereocenters. The molecule has 1 aromatic carbocycles. The molecule has 8 nitrogen and oxygen atoms in total. The predicted octanol–water partition coefficient (Wildman–Crippen LogP) is 2.31. The normalized spacial score (nSPS) is 29.7. The molecule has 184 valence electrons. The van der Waals surface area contributed by atoms with Crippen LogP contribution in [-0.4, -0.2) is 60.7 Å². The van der Waals surface area contributed by atoms with E-state index in [1.165, 1.54) is 6.07 Å². The third-order valence-electron chi connectivity index (χ3n) is 7.67. The van der Waals surface area contributed by atoms with Crippen molar-refractivity contribution in [3.8, 4) is 5.75 Å². The first-order chi connectivity index (χ1) is 16.0. The summed E-state index contributed by atoms with van der Waals surface area (Å²) in [6, 6.07) is 3.24. The summed E-state index contributed by atoms with van der Waals surface area (Å²) in [4.78, 5) is 51.7. The van der Waals surface area contributed by atoms with Crippen LogP contribution in [-0.2, 0) is 19.2 Å². The minimum atomic E-state index is -0.797. The number of hydrogen-bond acceptors (Lipinski definition) is 5. The van der Waals surface area contributed by atoms with Crippen LogP contribution in [0.5, 0.6) is 5.75 Å². The van der Waals surface area contributed by atoms with E-state index >= 15 is 0 Å². The molecular weight excluding hydrogens is 481 g/mol. The minimum Gasteiger partial charge on any atom is -0.484 e. The third kappa shape index (κ3) is 4.62. The number of aldehydes is 1. The maximum absolute atomic E-state index is 13.3. The molecule has 2 heterocycles. The van der Waals surface area contributed by atoms with E-state index in [-0.39, 0.29) is 59.8 Å². The Morgan fingerprint density at radius 2 is 2.06 bits per heavy atom. The Morgan fingerprint density at radius 3 is 2.68 bits per heavy atom. The lowest BCUT2D eigenvalue weighted by molar-refractivity contribution is -0.142. The van der Waals surface area contributed by atoms with E-state index in [4.69, 9.17) is 27.9 Å². The smallest absolute Gasteiger partial charge is 0.261 e. The summed E-state index contributed by atoms with van der Waals surface area (Å²) in [6.07, 6.45) is 0.904. The van der Waals surface area contributed by atoms with Gasteiger partial charge in [0.2, 0.25) is 11.8 Å². The van der Waals surface area contributed by atoms with Crippen molar-refractivity contribution < 1.29 is 23.9 Å². The summed E-state index contributed by atoms with van der Waals surface area (Å²) in [7, 11) is 0. The molecule has 2 aliphatic heterocycles. The summed E-state index contributed by atoms with van der Waals surface area (Å²) >= 11 is 11.9. The van der Waals surface area contributed by atoms with Crippen molar-refractivity contribution >= 4 is 47.2 Å². The Labute approximate surface area is 208 Å². The lowest BCUT2D eigenvalue weighted by Crippen LogP contribution is -2.53. The van der Waals surface area contributed by atoms with Crippen LogP contribution in [0.25, 0.3) is 0 Å². The predicted molar refractivity (Wildman–Crippen MR) is 126 cm³/mol. The average Bonchev–Trinajstić information content (AvgIpc) is 3.11. The molecule has 34 heavy (non-hydrogen) atoms. The van der Waals surface area contributed by atoms with Crippen LogP contribution in [0.15, 0.2) is 18.2 Å².